The maximum atomic E-state index is 12.4. The molecule has 0 aliphatic carbocycles. The molecule has 3 atom stereocenters. The van der Waals surface area contributed by atoms with Gasteiger partial charge in [0.05, 0.1) is 13.7 Å². The average molecular weight is 335 g/mol. The molecule has 0 spiro atoms. The van der Waals surface area contributed by atoms with Gasteiger partial charge < -0.3 is 14.2 Å². The number of esters is 1. The third-order valence-corrected chi connectivity index (χ3v) is 4.50. The molecule has 3 unspecified atom stereocenters. The van der Waals surface area contributed by atoms with E-state index >= 15 is 0 Å². The van der Waals surface area contributed by atoms with Crippen molar-refractivity contribution in [1.29, 1.82) is 0 Å². The van der Waals surface area contributed by atoms with E-state index in [1.54, 1.807) is 7.11 Å². The molecule has 3 rings (SSSR count). The molecule has 2 aliphatic rings. The first-order valence-electron chi connectivity index (χ1n) is 8.58. The minimum absolute atomic E-state index is 0.0843. The summed E-state index contributed by atoms with van der Waals surface area (Å²) >= 11 is 0. The van der Waals surface area contributed by atoms with E-state index in [1.807, 2.05) is 36.3 Å². The number of hydrogen-bond donors (Lipinski definition) is 0. The second kappa shape index (κ2) is 7.96. The van der Waals surface area contributed by atoms with Crippen LogP contribution < -0.4 is 4.74 Å². The molecule has 1 aromatic rings. The first-order chi connectivity index (χ1) is 11.7. The molecule has 2 aliphatic heterocycles. The summed E-state index contributed by atoms with van der Waals surface area (Å²) in [6.07, 6.45) is 2.67. The van der Waals surface area contributed by atoms with Gasteiger partial charge in [-0.15, -0.1) is 0 Å². The molecule has 24 heavy (non-hydrogen) atoms. The zero-order valence-corrected chi connectivity index (χ0v) is 14.3. The molecule has 6 heteroatoms. The van der Waals surface area contributed by atoms with E-state index in [2.05, 4.69) is 0 Å². The van der Waals surface area contributed by atoms with Gasteiger partial charge in [0.25, 0.3) is 0 Å². The van der Waals surface area contributed by atoms with Crippen molar-refractivity contribution in [2.24, 2.45) is 5.92 Å². The third kappa shape index (κ3) is 3.71. The van der Waals surface area contributed by atoms with E-state index in [9.17, 15) is 4.79 Å². The quantitative estimate of drug-likeness (QED) is 0.771. The highest BCUT2D eigenvalue weighted by molar-refractivity contribution is 5.74. The molecule has 0 bridgehead atoms. The maximum absolute atomic E-state index is 12.4. The van der Waals surface area contributed by atoms with Crippen LogP contribution in [-0.4, -0.2) is 44.1 Å². The lowest BCUT2D eigenvalue weighted by molar-refractivity contribution is -0.251. The Kier molecular flexibility index (Phi) is 5.71. The van der Waals surface area contributed by atoms with Crippen LogP contribution in [0.2, 0.25) is 0 Å². The molecule has 2 heterocycles. The van der Waals surface area contributed by atoms with Gasteiger partial charge in [-0.2, -0.15) is 5.06 Å². The Hall–Kier alpha value is -1.63. The molecule has 0 N–H and O–H groups in total. The Morgan fingerprint density at radius 2 is 2.08 bits per heavy atom. The van der Waals surface area contributed by atoms with Crippen molar-refractivity contribution in [3.63, 3.8) is 0 Å². The highest BCUT2D eigenvalue weighted by atomic mass is 16.7. The monoisotopic (exact) mass is 335 g/mol. The molecular formula is C18H25NO5. The van der Waals surface area contributed by atoms with Crippen LogP contribution in [-0.2, 0) is 19.1 Å². The smallest absolute Gasteiger partial charge is 0.313 e. The van der Waals surface area contributed by atoms with Crippen molar-refractivity contribution in [1.82, 2.24) is 5.06 Å². The molecular weight excluding hydrogens is 310 g/mol. The Bertz CT molecular complexity index is 541. The summed E-state index contributed by atoms with van der Waals surface area (Å²) in [4.78, 5) is 18.5. The second-order valence-electron chi connectivity index (χ2n) is 6.08. The second-order valence-corrected chi connectivity index (χ2v) is 6.08. The lowest BCUT2D eigenvalue weighted by Gasteiger charge is -2.29. The van der Waals surface area contributed by atoms with Gasteiger partial charge in [0, 0.05) is 13.2 Å². The van der Waals surface area contributed by atoms with Crippen LogP contribution in [0.4, 0.5) is 0 Å². The van der Waals surface area contributed by atoms with E-state index in [0.29, 0.717) is 13.2 Å². The van der Waals surface area contributed by atoms with Crippen molar-refractivity contribution >= 4 is 5.97 Å². The van der Waals surface area contributed by atoms with Gasteiger partial charge in [-0.3, -0.25) is 9.63 Å². The van der Waals surface area contributed by atoms with Crippen molar-refractivity contribution in [3.8, 4) is 5.75 Å². The van der Waals surface area contributed by atoms with E-state index in [1.165, 1.54) is 0 Å². The van der Waals surface area contributed by atoms with Gasteiger partial charge in [-0.05, 0) is 43.9 Å². The van der Waals surface area contributed by atoms with Crippen LogP contribution in [0.15, 0.2) is 24.3 Å². The molecule has 2 fully saturated rings. The number of carbonyl (C=O) groups excluding carboxylic acids is 1. The van der Waals surface area contributed by atoms with Crippen molar-refractivity contribution in [3.05, 3.63) is 29.8 Å². The molecule has 0 radical (unpaired) electrons. The molecule has 132 valence electrons. The van der Waals surface area contributed by atoms with Crippen LogP contribution in [0.5, 0.6) is 5.75 Å². The largest absolute Gasteiger partial charge is 0.497 e. The van der Waals surface area contributed by atoms with Gasteiger partial charge in [-0.1, -0.05) is 12.1 Å². The summed E-state index contributed by atoms with van der Waals surface area (Å²) in [6, 6.07) is 7.61. The topological polar surface area (TPSA) is 57.2 Å². The SMILES string of the molecule is CCOC(=O)C1CN(C2CCCCO2)OC1c1ccc(OC)cc1. The van der Waals surface area contributed by atoms with E-state index in [-0.39, 0.29) is 24.2 Å². The van der Waals surface area contributed by atoms with Crippen molar-refractivity contribution in [2.75, 3.05) is 26.9 Å². The van der Waals surface area contributed by atoms with Crippen molar-refractivity contribution < 1.29 is 23.8 Å². The van der Waals surface area contributed by atoms with Crippen LogP contribution >= 0.6 is 0 Å². The summed E-state index contributed by atoms with van der Waals surface area (Å²) in [6.45, 7) is 3.41. The normalized spacial score (nSPS) is 27.8. The summed E-state index contributed by atoms with van der Waals surface area (Å²) in [5.74, 6) is 0.192. The van der Waals surface area contributed by atoms with Gasteiger partial charge >= 0.3 is 5.97 Å². The average Bonchev–Trinajstić information content (AvgIpc) is 3.08. The Morgan fingerprint density at radius 3 is 2.71 bits per heavy atom. The molecule has 6 nitrogen and oxygen atoms in total. The van der Waals surface area contributed by atoms with Gasteiger partial charge in [0.15, 0.2) is 0 Å². The summed E-state index contributed by atoms with van der Waals surface area (Å²) in [5.41, 5.74) is 0.937. The van der Waals surface area contributed by atoms with Gasteiger partial charge in [-0.25, -0.2) is 0 Å². The van der Waals surface area contributed by atoms with Crippen LogP contribution in [0.3, 0.4) is 0 Å². The highest BCUT2D eigenvalue weighted by Gasteiger charge is 2.44. The number of hydrogen-bond acceptors (Lipinski definition) is 6. The molecule has 2 saturated heterocycles. The number of carbonyl (C=O) groups is 1. The summed E-state index contributed by atoms with van der Waals surface area (Å²) < 4.78 is 16.2. The number of methoxy groups -OCH3 is 1. The van der Waals surface area contributed by atoms with E-state index < -0.39 is 0 Å². The first kappa shape index (κ1) is 17.2. The summed E-state index contributed by atoms with van der Waals surface area (Å²) in [7, 11) is 1.63. The zero-order valence-electron chi connectivity index (χ0n) is 14.3. The van der Waals surface area contributed by atoms with E-state index in [0.717, 1.165) is 37.2 Å². The number of nitrogens with zero attached hydrogens (tertiary/aromatic N) is 1. The van der Waals surface area contributed by atoms with Crippen LogP contribution in [0.1, 0.15) is 37.9 Å². The number of rotatable bonds is 5. The fraction of sp³-hybridized carbons (Fsp3) is 0.611. The lowest BCUT2D eigenvalue weighted by atomic mass is 9.96. The molecule has 1 aromatic carbocycles. The lowest BCUT2D eigenvalue weighted by Crippen LogP contribution is -2.37. The Balaban J connectivity index is 1.78. The van der Waals surface area contributed by atoms with Crippen molar-refractivity contribution in [2.45, 2.75) is 38.5 Å². The van der Waals surface area contributed by atoms with E-state index in [4.69, 9.17) is 19.0 Å². The highest BCUT2D eigenvalue weighted by Crippen LogP contribution is 2.38. The predicted molar refractivity (Wildman–Crippen MR) is 87.2 cm³/mol. The maximum Gasteiger partial charge on any atom is 0.313 e. The third-order valence-electron chi connectivity index (χ3n) is 4.50. The number of hydroxylamine groups is 2. The molecule has 0 saturated carbocycles. The number of benzene rings is 1. The van der Waals surface area contributed by atoms with Gasteiger partial charge in [0.2, 0.25) is 0 Å². The van der Waals surface area contributed by atoms with Gasteiger partial charge in [0.1, 0.15) is 24.0 Å². The minimum atomic E-state index is -0.361. The van der Waals surface area contributed by atoms with Crippen LogP contribution in [0, 0.1) is 5.92 Å². The Labute approximate surface area is 142 Å². The molecule has 0 amide bonds. The predicted octanol–water partition coefficient (Wildman–Crippen LogP) is 2.69. The standard InChI is InChI=1S/C18H25NO5/c1-3-22-18(20)15-12-19(16-6-4-5-11-23-16)24-17(15)13-7-9-14(21-2)10-8-13/h7-10,15-17H,3-6,11-12H2,1-2H3. The summed E-state index contributed by atoms with van der Waals surface area (Å²) in [5, 5.41) is 1.82. The Morgan fingerprint density at radius 1 is 1.29 bits per heavy atom. The zero-order chi connectivity index (χ0) is 16.9. The van der Waals surface area contributed by atoms with Crippen LogP contribution in [0.25, 0.3) is 0 Å². The fourth-order valence-electron chi connectivity index (χ4n) is 3.22. The minimum Gasteiger partial charge on any atom is -0.497 e. The molecule has 0 aromatic heterocycles. The number of ether oxygens (including phenoxy) is 3. The fourth-order valence-corrected chi connectivity index (χ4v) is 3.22. The first-order valence-corrected chi connectivity index (χ1v) is 8.58.